The Kier molecular flexibility index (Phi) is 9.50. The van der Waals surface area contributed by atoms with E-state index in [4.69, 9.17) is 9.97 Å². The first-order valence-electron chi connectivity index (χ1n) is 11.1. The van der Waals surface area contributed by atoms with Crippen molar-refractivity contribution in [2.24, 2.45) is 5.92 Å². The Morgan fingerprint density at radius 3 is 2.24 bits per heavy atom. The lowest BCUT2D eigenvalue weighted by atomic mass is 9.79. The molecule has 1 heterocycles. The Balaban J connectivity index is 1.76. The van der Waals surface area contributed by atoms with Crippen molar-refractivity contribution in [1.29, 1.82) is 0 Å². The molecule has 0 radical (unpaired) electrons. The molecular weight excluding hydrogens is 304 g/mol. The van der Waals surface area contributed by atoms with E-state index in [9.17, 15) is 0 Å². The van der Waals surface area contributed by atoms with E-state index in [-0.39, 0.29) is 0 Å². The van der Waals surface area contributed by atoms with Crippen molar-refractivity contribution in [2.45, 2.75) is 117 Å². The summed E-state index contributed by atoms with van der Waals surface area (Å²) < 4.78 is 0. The maximum absolute atomic E-state index is 4.90. The van der Waals surface area contributed by atoms with Crippen LogP contribution in [-0.2, 0) is 6.42 Å². The first kappa shape index (κ1) is 20.4. The molecule has 0 amide bonds. The van der Waals surface area contributed by atoms with E-state index < -0.39 is 0 Å². The molecule has 142 valence electrons. The molecule has 25 heavy (non-hydrogen) atoms. The van der Waals surface area contributed by atoms with Crippen molar-refractivity contribution < 1.29 is 0 Å². The van der Waals surface area contributed by atoms with Gasteiger partial charge in [0.15, 0.2) is 0 Å². The minimum atomic E-state index is 0.611. The molecule has 1 aliphatic rings. The van der Waals surface area contributed by atoms with Crippen molar-refractivity contribution in [3.8, 4) is 0 Å². The van der Waals surface area contributed by atoms with E-state index in [0.717, 1.165) is 18.2 Å². The lowest BCUT2D eigenvalue weighted by Gasteiger charge is -2.28. The molecule has 0 aromatic carbocycles. The van der Waals surface area contributed by atoms with Crippen LogP contribution in [0.15, 0.2) is 6.20 Å². The van der Waals surface area contributed by atoms with Gasteiger partial charge in [0, 0.05) is 17.8 Å². The summed E-state index contributed by atoms with van der Waals surface area (Å²) in [7, 11) is 0. The van der Waals surface area contributed by atoms with Gasteiger partial charge in [0.2, 0.25) is 0 Å². The maximum atomic E-state index is 4.90. The zero-order chi connectivity index (χ0) is 17.9. The Labute approximate surface area is 156 Å². The van der Waals surface area contributed by atoms with Crippen LogP contribution in [0.1, 0.15) is 120 Å². The summed E-state index contributed by atoms with van der Waals surface area (Å²) in [4.78, 5) is 9.67. The summed E-state index contributed by atoms with van der Waals surface area (Å²) in [6, 6.07) is 0. The van der Waals surface area contributed by atoms with Gasteiger partial charge in [0.05, 0.1) is 0 Å². The van der Waals surface area contributed by atoms with Crippen LogP contribution in [0, 0.1) is 12.8 Å². The number of aromatic nitrogens is 2. The summed E-state index contributed by atoms with van der Waals surface area (Å²) in [5.74, 6) is 2.70. The van der Waals surface area contributed by atoms with Gasteiger partial charge in [-0.3, -0.25) is 0 Å². The molecule has 1 aromatic heterocycles. The summed E-state index contributed by atoms with van der Waals surface area (Å²) in [6.45, 7) is 6.75. The number of hydrogen-bond acceptors (Lipinski definition) is 2. The van der Waals surface area contributed by atoms with Crippen LogP contribution in [0.3, 0.4) is 0 Å². The second-order valence-corrected chi connectivity index (χ2v) is 8.22. The van der Waals surface area contributed by atoms with Gasteiger partial charge in [-0.25, -0.2) is 9.97 Å². The third-order valence-electron chi connectivity index (χ3n) is 6.08. The zero-order valence-corrected chi connectivity index (χ0v) is 17.0. The normalized spacial score (nSPS) is 20.8. The van der Waals surface area contributed by atoms with Crippen LogP contribution in [0.5, 0.6) is 0 Å². The molecule has 1 fully saturated rings. The van der Waals surface area contributed by atoms with Gasteiger partial charge < -0.3 is 0 Å². The summed E-state index contributed by atoms with van der Waals surface area (Å²) in [5, 5.41) is 0. The molecule has 1 saturated carbocycles. The lowest BCUT2D eigenvalue weighted by Crippen LogP contribution is -2.16. The fraction of sp³-hybridized carbons (Fsp3) is 0.826. The second-order valence-electron chi connectivity index (χ2n) is 8.22. The van der Waals surface area contributed by atoms with Crippen molar-refractivity contribution in [1.82, 2.24) is 9.97 Å². The highest BCUT2D eigenvalue weighted by Gasteiger charge is 2.24. The Morgan fingerprint density at radius 1 is 0.880 bits per heavy atom. The number of hydrogen-bond donors (Lipinski definition) is 0. The molecule has 2 heteroatoms. The largest absolute Gasteiger partial charge is 0.241 e. The fourth-order valence-electron chi connectivity index (χ4n) is 4.26. The summed E-state index contributed by atoms with van der Waals surface area (Å²) in [5.41, 5.74) is 2.60. The van der Waals surface area contributed by atoms with E-state index in [1.807, 2.05) is 0 Å². The van der Waals surface area contributed by atoms with Crippen LogP contribution in [0.25, 0.3) is 0 Å². The number of nitrogens with zero attached hydrogens (tertiary/aromatic N) is 2. The van der Waals surface area contributed by atoms with Crippen molar-refractivity contribution in [2.75, 3.05) is 0 Å². The summed E-state index contributed by atoms with van der Waals surface area (Å²) >= 11 is 0. The average Bonchev–Trinajstić information content (AvgIpc) is 2.63. The molecule has 1 aliphatic carbocycles. The topological polar surface area (TPSA) is 25.8 Å². The SMILES string of the molecule is CCCCCCCc1cnc(C2CCC(CCCCC)CC2)nc1C. The molecule has 0 N–H and O–H groups in total. The van der Waals surface area contributed by atoms with Gasteiger partial charge in [-0.15, -0.1) is 0 Å². The highest BCUT2D eigenvalue weighted by Crippen LogP contribution is 2.36. The number of rotatable bonds is 11. The average molecular weight is 345 g/mol. The van der Waals surface area contributed by atoms with Gasteiger partial charge in [0.25, 0.3) is 0 Å². The first-order chi connectivity index (χ1) is 12.2. The predicted octanol–water partition coefficient (Wildman–Crippen LogP) is 7.15. The fourth-order valence-corrected chi connectivity index (χ4v) is 4.26. The van der Waals surface area contributed by atoms with Crippen LogP contribution >= 0.6 is 0 Å². The molecule has 2 nitrogen and oxygen atoms in total. The molecule has 0 atom stereocenters. The van der Waals surface area contributed by atoms with E-state index in [1.54, 1.807) is 0 Å². The molecule has 0 saturated heterocycles. The van der Waals surface area contributed by atoms with Gasteiger partial charge >= 0.3 is 0 Å². The molecule has 0 spiro atoms. The first-order valence-corrected chi connectivity index (χ1v) is 11.1. The van der Waals surface area contributed by atoms with Gasteiger partial charge in [-0.2, -0.15) is 0 Å². The maximum Gasteiger partial charge on any atom is 0.131 e. The van der Waals surface area contributed by atoms with E-state index in [1.165, 1.54) is 94.7 Å². The van der Waals surface area contributed by atoms with Crippen molar-refractivity contribution >= 4 is 0 Å². The van der Waals surface area contributed by atoms with E-state index in [2.05, 4.69) is 27.0 Å². The quantitative estimate of drug-likeness (QED) is 0.398. The molecule has 1 aromatic rings. The molecule has 0 bridgehead atoms. The van der Waals surface area contributed by atoms with Crippen LogP contribution in [0.4, 0.5) is 0 Å². The highest BCUT2D eigenvalue weighted by atomic mass is 14.9. The Morgan fingerprint density at radius 2 is 1.56 bits per heavy atom. The Hall–Kier alpha value is -0.920. The highest BCUT2D eigenvalue weighted by molar-refractivity contribution is 5.17. The van der Waals surface area contributed by atoms with Crippen LogP contribution in [0.2, 0.25) is 0 Å². The van der Waals surface area contributed by atoms with Crippen molar-refractivity contribution in [3.63, 3.8) is 0 Å². The van der Waals surface area contributed by atoms with Crippen LogP contribution in [-0.4, -0.2) is 9.97 Å². The zero-order valence-electron chi connectivity index (χ0n) is 17.0. The number of aryl methyl sites for hydroxylation is 2. The van der Waals surface area contributed by atoms with E-state index >= 15 is 0 Å². The smallest absolute Gasteiger partial charge is 0.131 e. The molecule has 0 unspecified atom stereocenters. The third kappa shape index (κ3) is 7.07. The Bertz CT molecular complexity index is 475. The third-order valence-corrected chi connectivity index (χ3v) is 6.08. The minimum Gasteiger partial charge on any atom is -0.241 e. The van der Waals surface area contributed by atoms with Crippen LogP contribution < -0.4 is 0 Å². The monoisotopic (exact) mass is 344 g/mol. The lowest BCUT2D eigenvalue weighted by molar-refractivity contribution is 0.297. The van der Waals surface area contributed by atoms with Crippen molar-refractivity contribution in [3.05, 3.63) is 23.3 Å². The number of unbranched alkanes of at least 4 members (excludes halogenated alkanes) is 6. The van der Waals surface area contributed by atoms with Gasteiger partial charge in [0.1, 0.15) is 5.82 Å². The minimum absolute atomic E-state index is 0.611. The molecule has 2 rings (SSSR count). The molecular formula is C23H40N2. The van der Waals surface area contributed by atoms with Gasteiger partial charge in [-0.05, 0) is 56.9 Å². The predicted molar refractivity (Wildman–Crippen MR) is 108 cm³/mol. The standard InChI is InChI=1S/C23H40N2/c1-4-6-8-9-11-13-22-18-24-23(25-19(22)3)21-16-14-20(15-17-21)12-10-7-5-2/h18,20-21H,4-17H2,1-3H3. The summed E-state index contributed by atoms with van der Waals surface area (Å²) in [6.07, 6.45) is 20.9. The molecule has 0 aliphatic heterocycles. The second kappa shape index (κ2) is 11.6. The van der Waals surface area contributed by atoms with E-state index in [0.29, 0.717) is 5.92 Å². The van der Waals surface area contributed by atoms with Gasteiger partial charge in [-0.1, -0.05) is 65.2 Å².